The van der Waals surface area contributed by atoms with Crippen LogP contribution in [0.2, 0.25) is 0 Å². The lowest BCUT2D eigenvalue weighted by atomic mass is 10.2. The van der Waals surface area contributed by atoms with Gasteiger partial charge in [0.25, 0.3) is 0 Å². The van der Waals surface area contributed by atoms with E-state index in [9.17, 15) is 4.79 Å². The van der Waals surface area contributed by atoms with Crippen LogP contribution in [0, 0.1) is 0 Å². The molecule has 0 aliphatic carbocycles. The van der Waals surface area contributed by atoms with Crippen LogP contribution in [-0.2, 0) is 16.1 Å². The number of para-hydroxylation sites is 1. The average molecular weight is 257 g/mol. The van der Waals surface area contributed by atoms with Crippen molar-refractivity contribution in [2.75, 3.05) is 6.61 Å². The first-order chi connectivity index (χ1) is 9.33. The fraction of sp³-hybridized carbons (Fsp3) is 0.286. The van der Waals surface area contributed by atoms with Gasteiger partial charge in [0.15, 0.2) is 0 Å². The molecule has 0 radical (unpaired) electrons. The molecular weight excluding hydrogens is 242 g/mol. The van der Waals surface area contributed by atoms with Crippen LogP contribution in [0.3, 0.4) is 0 Å². The van der Waals surface area contributed by atoms with Gasteiger partial charge in [-0.05, 0) is 12.1 Å². The summed E-state index contributed by atoms with van der Waals surface area (Å²) < 4.78 is 6.73. The molecule has 5 nitrogen and oxygen atoms in total. The highest BCUT2D eigenvalue weighted by molar-refractivity contribution is 5.77. The van der Waals surface area contributed by atoms with E-state index in [-0.39, 0.29) is 12.0 Å². The predicted molar refractivity (Wildman–Crippen MR) is 69.8 cm³/mol. The minimum Gasteiger partial charge on any atom is -0.464 e. The molecule has 0 spiro atoms. The van der Waals surface area contributed by atoms with Crippen molar-refractivity contribution in [1.82, 2.24) is 15.1 Å². The summed E-state index contributed by atoms with van der Waals surface area (Å²) in [4.78, 5) is 11.3. The first kappa shape index (κ1) is 11.9. The fourth-order valence-electron chi connectivity index (χ4n) is 2.10. The van der Waals surface area contributed by atoms with Crippen molar-refractivity contribution in [1.29, 1.82) is 0 Å². The summed E-state index contributed by atoms with van der Waals surface area (Å²) in [6.45, 7) is 1.13. The van der Waals surface area contributed by atoms with E-state index >= 15 is 0 Å². The molecule has 1 saturated heterocycles. The summed E-state index contributed by atoms with van der Waals surface area (Å²) in [7, 11) is 0. The zero-order valence-electron chi connectivity index (χ0n) is 10.5. The second-order valence-corrected chi connectivity index (χ2v) is 4.52. The maximum Gasteiger partial charge on any atom is 0.323 e. The van der Waals surface area contributed by atoms with Crippen LogP contribution in [0.4, 0.5) is 0 Å². The Bertz CT molecular complexity index is 565. The largest absolute Gasteiger partial charge is 0.464 e. The molecule has 1 aliphatic rings. The Morgan fingerprint density at radius 2 is 2.21 bits per heavy atom. The van der Waals surface area contributed by atoms with Gasteiger partial charge in [0, 0.05) is 24.7 Å². The Hall–Kier alpha value is -2.14. The van der Waals surface area contributed by atoms with Crippen molar-refractivity contribution in [2.24, 2.45) is 0 Å². The number of carbonyl (C=O) groups is 1. The van der Waals surface area contributed by atoms with E-state index in [4.69, 9.17) is 4.74 Å². The van der Waals surface area contributed by atoms with Gasteiger partial charge in [0.05, 0.1) is 18.5 Å². The van der Waals surface area contributed by atoms with Crippen molar-refractivity contribution in [3.63, 3.8) is 0 Å². The molecule has 1 fully saturated rings. The minimum atomic E-state index is -0.180. The SMILES string of the molecule is O=C1OCCC1NCc1cnn(-c2ccccc2)c1. The van der Waals surface area contributed by atoms with Crippen molar-refractivity contribution >= 4 is 5.97 Å². The summed E-state index contributed by atoms with van der Waals surface area (Å²) in [5.41, 5.74) is 2.07. The van der Waals surface area contributed by atoms with Crippen molar-refractivity contribution in [2.45, 2.75) is 19.0 Å². The van der Waals surface area contributed by atoms with Gasteiger partial charge in [-0.1, -0.05) is 18.2 Å². The molecule has 1 N–H and O–H groups in total. The summed E-state index contributed by atoms with van der Waals surface area (Å²) in [6.07, 6.45) is 4.51. The third-order valence-corrected chi connectivity index (χ3v) is 3.14. The van der Waals surface area contributed by atoms with Crippen LogP contribution < -0.4 is 5.32 Å². The van der Waals surface area contributed by atoms with Crippen LogP contribution in [0.5, 0.6) is 0 Å². The molecule has 19 heavy (non-hydrogen) atoms. The molecule has 1 aliphatic heterocycles. The molecule has 5 heteroatoms. The lowest BCUT2D eigenvalue weighted by molar-refractivity contribution is -0.139. The molecule has 0 saturated carbocycles. The number of nitrogens with zero attached hydrogens (tertiary/aromatic N) is 2. The normalized spacial score (nSPS) is 18.5. The lowest BCUT2D eigenvalue weighted by Crippen LogP contribution is -2.32. The highest BCUT2D eigenvalue weighted by Crippen LogP contribution is 2.09. The summed E-state index contributed by atoms with van der Waals surface area (Å²) >= 11 is 0. The highest BCUT2D eigenvalue weighted by atomic mass is 16.5. The average Bonchev–Trinajstić information content (AvgIpc) is 3.06. The van der Waals surface area contributed by atoms with E-state index in [1.165, 1.54) is 0 Å². The van der Waals surface area contributed by atoms with Crippen LogP contribution >= 0.6 is 0 Å². The second kappa shape index (κ2) is 5.24. The molecule has 0 amide bonds. The second-order valence-electron chi connectivity index (χ2n) is 4.52. The maximum atomic E-state index is 11.3. The number of nitrogens with one attached hydrogen (secondary N) is 1. The molecule has 1 aromatic heterocycles. The van der Waals surface area contributed by atoms with Crippen LogP contribution in [0.1, 0.15) is 12.0 Å². The monoisotopic (exact) mass is 257 g/mol. The molecule has 1 aromatic carbocycles. The number of benzene rings is 1. The summed E-state index contributed by atoms with van der Waals surface area (Å²) in [5, 5.41) is 7.50. The van der Waals surface area contributed by atoms with Crippen molar-refractivity contribution in [3.8, 4) is 5.69 Å². The van der Waals surface area contributed by atoms with Crippen molar-refractivity contribution in [3.05, 3.63) is 48.3 Å². The van der Waals surface area contributed by atoms with Gasteiger partial charge in [-0.2, -0.15) is 5.10 Å². The number of aromatic nitrogens is 2. The van der Waals surface area contributed by atoms with Gasteiger partial charge in [-0.25, -0.2) is 4.68 Å². The number of hydrogen-bond acceptors (Lipinski definition) is 4. The summed E-state index contributed by atoms with van der Waals surface area (Å²) in [6, 6.07) is 9.74. The number of ether oxygens (including phenoxy) is 1. The quantitative estimate of drug-likeness (QED) is 0.838. The van der Waals surface area contributed by atoms with Crippen molar-refractivity contribution < 1.29 is 9.53 Å². The van der Waals surface area contributed by atoms with Gasteiger partial charge in [0.1, 0.15) is 6.04 Å². The van der Waals surface area contributed by atoms with E-state index < -0.39 is 0 Å². The van der Waals surface area contributed by atoms with Crippen LogP contribution in [-0.4, -0.2) is 28.4 Å². The number of cyclic esters (lactones) is 1. The molecule has 1 unspecified atom stereocenters. The van der Waals surface area contributed by atoms with E-state index in [2.05, 4.69) is 10.4 Å². The van der Waals surface area contributed by atoms with E-state index in [1.807, 2.05) is 41.2 Å². The lowest BCUT2D eigenvalue weighted by Gasteiger charge is -2.06. The molecule has 1 atom stereocenters. The molecule has 2 aromatic rings. The number of hydrogen-bond donors (Lipinski definition) is 1. The Balaban J connectivity index is 1.64. The van der Waals surface area contributed by atoms with E-state index in [0.29, 0.717) is 13.2 Å². The third-order valence-electron chi connectivity index (χ3n) is 3.14. The van der Waals surface area contributed by atoms with E-state index in [0.717, 1.165) is 17.7 Å². The Morgan fingerprint density at radius 3 is 2.95 bits per heavy atom. The van der Waals surface area contributed by atoms with Crippen LogP contribution in [0.25, 0.3) is 5.69 Å². The first-order valence-corrected chi connectivity index (χ1v) is 6.32. The third kappa shape index (κ3) is 2.66. The van der Waals surface area contributed by atoms with Gasteiger partial charge >= 0.3 is 5.97 Å². The Morgan fingerprint density at radius 1 is 1.37 bits per heavy atom. The minimum absolute atomic E-state index is 0.157. The number of esters is 1. The van der Waals surface area contributed by atoms with Gasteiger partial charge in [0.2, 0.25) is 0 Å². The zero-order chi connectivity index (χ0) is 13.1. The van der Waals surface area contributed by atoms with Gasteiger partial charge in [-0.3, -0.25) is 4.79 Å². The Kier molecular flexibility index (Phi) is 3.29. The number of carbonyl (C=O) groups excluding carboxylic acids is 1. The molecular formula is C14H15N3O2. The standard InChI is InChI=1S/C14H15N3O2/c18-14-13(6-7-19-14)15-8-11-9-16-17(10-11)12-4-2-1-3-5-12/h1-5,9-10,13,15H,6-8H2. The summed E-state index contributed by atoms with van der Waals surface area (Å²) in [5.74, 6) is -0.157. The Labute approximate surface area is 111 Å². The topological polar surface area (TPSA) is 56.1 Å². The van der Waals surface area contributed by atoms with Gasteiger partial charge in [-0.15, -0.1) is 0 Å². The molecule has 2 heterocycles. The van der Waals surface area contributed by atoms with Crippen LogP contribution in [0.15, 0.2) is 42.7 Å². The number of rotatable bonds is 4. The maximum absolute atomic E-state index is 11.3. The highest BCUT2D eigenvalue weighted by Gasteiger charge is 2.25. The zero-order valence-corrected chi connectivity index (χ0v) is 10.5. The predicted octanol–water partition coefficient (Wildman–Crippen LogP) is 1.28. The molecule has 98 valence electrons. The molecule has 0 bridgehead atoms. The first-order valence-electron chi connectivity index (χ1n) is 6.32. The fourth-order valence-corrected chi connectivity index (χ4v) is 2.10. The van der Waals surface area contributed by atoms with Gasteiger partial charge < -0.3 is 10.1 Å². The van der Waals surface area contributed by atoms with E-state index in [1.54, 1.807) is 6.20 Å². The molecule has 3 rings (SSSR count). The smallest absolute Gasteiger partial charge is 0.323 e.